The number of anilines is 1. The Labute approximate surface area is 162 Å². The van der Waals surface area contributed by atoms with Crippen molar-refractivity contribution in [2.75, 3.05) is 18.4 Å². The summed E-state index contributed by atoms with van der Waals surface area (Å²) in [6.45, 7) is 9.53. The van der Waals surface area contributed by atoms with Crippen LogP contribution in [0.25, 0.3) is 0 Å². The van der Waals surface area contributed by atoms with Crippen LogP contribution in [-0.2, 0) is 4.79 Å². The molecule has 1 aromatic carbocycles. The lowest BCUT2D eigenvalue weighted by molar-refractivity contribution is -0.129. The van der Waals surface area contributed by atoms with Gasteiger partial charge in [-0.2, -0.15) is 0 Å². The average Bonchev–Trinajstić information content (AvgIpc) is 3.31. The highest BCUT2D eigenvalue weighted by atomic mass is 16.5. The number of carbonyl (C=O) groups is 1. The quantitative estimate of drug-likeness (QED) is 0.615. The van der Waals surface area contributed by atoms with Gasteiger partial charge in [0.1, 0.15) is 5.75 Å². The van der Waals surface area contributed by atoms with Crippen LogP contribution in [0.1, 0.15) is 47.0 Å². The molecule has 148 valence electrons. The molecule has 1 saturated carbocycles. The number of piperidine rings is 1. The zero-order valence-corrected chi connectivity index (χ0v) is 16.9. The van der Waals surface area contributed by atoms with Gasteiger partial charge in [-0.05, 0) is 63.3 Å². The number of hydrogen-bond donors (Lipinski definition) is 2. The van der Waals surface area contributed by atoms with Crippen LogP contribution in [0.4, 0.5) is 5.69 Å². The van der Waals surface area contributed by atoms with Gasteiger partial charge in [0.2, 0.25) is 5.91 Å². The Morgan fingerprint density at radius 3 is 2.37 bits per heavy atom. The van der Waals surface area contributed by atoms with Crippen LogP contribution < -0.4 is 15.4 Å². The largest absolute Gasteiger partial charge is 0.491 e. The number of nitrogens with one attached hydrogen (secondary N) is 2. The summed E-state index contributed by atoms with van der Waals surface area (Å²) in [4.78, 5) is 18.3. The molecule has 2 fully saturated rings. The van der Waals surface area contributed by atoms with Crippen molar-refractivity contribution in [3.05, 3.63) is 24.3 Å². The van der Waals surface area contributed by atoms with Gasteiger partial charge >= 0.3 is 0 Å². The van der Waals surface area contributed by atoms with Crippen LogP contribution in [0.2, 0.25) is 0 Å². The summed E-state index contributed by atoms with van der Waals surface area (Å²) < 4.78 is 5.71. The van der Waals surface area contributed by atoms with Crippen molar-refractivity contribution in [2.24, 2.45) is 10.9 Å². The molecule has 0 bridgehead atoms. The standard InChI is InChI=1S/C21H32N4O2/c1-14(2)27-19-7-5-17(6-8-19)22-21(24-20-13-15(20)3)23-18-9-11-25(12-10-18)16(4)26/h5-8,14-15,18,20H,9-13H2,1-4H3,(H2,22,23,24). The summed E-state index contributed by atoms with van der Waals surface area (Å²) >= 11 is 0. The molecule has 1 saturated heterocycles. The van der Waals surface area contributed by atoms with E-state index in [9.17, 15) is 4.79 Å². The fraction of sp³-hybridized carbons (Fsp3) is 0.619. The fourth-order valence-electron chi connectivity index (χ4n) is 3.31. The molecule has 2 aliphatic rings. The summed E-state index contributed by atoms with van der Waals surface area (Å²) in [5.74, 6) is 2.53. The van der Waals surface area contributed by atoms with E-state index in [1.165, 1.54) is 0 Å². The number of guanidine groups is 1. The number of amides is 1. The third-order valence-corrected chi connectivity index (χ3v) is 5.13. The van der Waals surface area contributed by atoms with Crippen LogP contribution in [0.5, 0.6) is 5.75 Å². The topological polar surface area (TPSA) is 66.0 Å². The van der Waals surface area contributed by atoms with Crippen molar-refractivity contribution in [3.63, 3.8) is 0 Å². The van der Waals surface area contributed by atoms with Gasteiger partial charge < -0.3 is 20.3 Å². The van der Waals surface area contributed by atoms with Crippen molar-refractivity contribution in [3.8, 4) is 5.75 Å². The molecule has 2 N–H and O–H groups in total. The Bertz CT molecular complexity index is 663. The lowest BCUT2D eigenvalue weighted by Crippen LogP contribution is -2.47. The summed E-state index contributed by atoms with van der Waals surface area (Å²) in [6, 6.07) is 8.73. The molecule has 6 heteroatoms. The summed E-state index contributed by atoms with van der Waals surface area (Å²) in [6.07, 6.45) is 3.21. The van der Waals surface area contributed by atoms with E-state index in [-0.39, 0.29) is 12.0 Å². The SMILES string of the molecule is CC(=O)N1CCC(NC(=NC2CC2C)Nc2ccc(OC(C)C)cc2)CC1. The lowest BCUT2D eigenvalue weighted by atomic mass is 10.1. The molecule has 0 aromatic heterocycles. The maximum atomic E-state index is 11.5. The second-order valence-corrected chi connectivity index (χ2v) is 8.00. The molecular formula is C21H32N4O2. The van der Waals surface area contributed by atoms with Crippen molar-refractivity contribution < 1.29 is 9.53 Å². The van der Waals surface area contributed by atoms with E-state index in [1.807, 2.05) is 43.0 Å². The minimum absolute atomic E-state index is 0.163. The van der Waals surface area contributed by atoms with Crippen molar-refractivity contribution in [2.45, 2.75) is 65.1 Å². The number of carbonyl (C=O) groups excluding carboxylic acids is 1. The first-order valence-electron chi connectivity index (χ1n) is 10.0. The van der Waals surface area contributed by atoms with Crippen LogP contribution in [-0.4, -0.2) is 48.0 Å². The third-order valence-electron chi connectivity index (χ3n) is 5.13. The fourth-order valence-corrected chi connectivity index (χ4v) is 3.31. The molecule has 3 rings (SSSR count). The van der Waals surface area contributed by atoms with Gasteiger partial charge in [0.05, 0.1) is 12.1 Å². The smallest absolute Gasteiger partial charge is 0.219 e. The summed E-state index contributed by atoms with van der Waals surface area (Å²) in [7, 11) is 0. The zero-order chi connectivity index (χ0) is 19.4. The third kappa shape index (κ3) is 5.88. The highest BCUT2D eigenvalue weighted by Gasteiger charge is 2.33. The van der Waals surface area contributed by atoms with Crippen LogP contribution in [0, 0.1) is 5.92 Å². The molecule has 27 heavy (non-hydrogen) atoms. The highest BCUT2D eigenvalue weighted by molar-refractivity contribution is 5.94. The molecule has 1 aliphatic heterocycles. The number of ether oxygens (including phenoxy) is 1. The number of nitrogens with zero attached hydrogens (tertiary/aromatic N) is 2. The van der Waals surface area contributed by atoms with Gasteiger partial charge in [-0.3, -0.25) is 4.79 Å². The van der Waals surface area contributed by atoms with Crippen molar-refractivity contribution >= 4 is 17.6 Å². The molecule has 2 atom stereocenters. The molecule has 0 spiro atoms. The molecule has 6 nitrogen and oxygen atoms in total. The molecule has 0 radical (unpaired) electrons. The number of rotatable bonds is 5. The Morgan fingerprint density at radius 2 is 1.85 bits per heavy atom. The Balaban J connectivity index is 1.60. The maximum absolute atomic E-state index is 11.5. The lowest BCUT2D eigenvalue weighted by Gasteiger charge is -2.32. The number of benzene rings is 1. The Kier molecular flexibility index (Phi) is 6.24. The average molecular weight is 373 g/mol. The first kappa shape index (κ1) is 19.5. The van der Waals surface area contributed by atoms with Crippen LogP contribution >= 0.6 is 0 Å². The van der Waals surface area contributed by atoms with E-state index in [0.717, 1.165) is 49.7 Å². The maximum Gasteiger partial charge on any atom is 0.219 e. The van der Waals surface area contributed by atoms with Gasteiger partial charge in [-0.25, -0.2) is 4.99 Å². The van der Waals surface area contributed by atoms with Crippen molar-refractivity contribution in [1.29, 1.82) is 0 Å². The second-order valence-electron chi connectivity index (χ2n) is 8.00. The number of likely N-dealkylation sites (tertiary alicyclic amines) is 1. The van der Waals surface area contributed by atoms with E-state index in [1.54, 1.807) is 6.92 Å². The molecule has 2 unspecified atom stereocenters. The molecule has 1 amide bonds. The molecule has 1 aliphatic carbocycles. The Hall–Kier alpha value is -2.24. The van der Waals surface area contributed by atoms with Gasteiger partial charge in [0.15, 0.2) is 5.96 Å². The minimum Gasteiger partial charge on any atom is -0.491 e. The first-order chi connectivity index (χ1) is 12.9. The highest BCUT2D eigenvalue weighted by Crippen LogP contribution is 2.33. The van der Waals surface area contributed by atoms with Gasteiger partial charge in [-0.15, -0.1) is 0 Å². The monoisotopic (exact) mass is 372 g/mol. The number of aliphatic imine (C=N–C) groups is 1. The minimum atomic E-state index is 0.163. The number of hydrogen-bond acceptors (Lipinski definition) is 3. The normalized spacial score (nSPS) is 23.3. The first-order valence-corrected chi connectivity index (χ1v) is 10.0. The summed E-state index contributed by atoms with van der Waals surface area (Å²) in [5.41, 5.74) is 0.992. The van der Waals surface area contributed by atoms with Crippen molar-refractivity contribution in [1.82, 2.24) is 10.2 Å². The van der Waals surface area contributed by atoms with E-state index in [4.69, 9.17) is 9.73 Å². The van der Waals surface area contributed by atoms with E-state index in [2.05, 4.69) is 17.6 Å². The zero-order valence-electron chi connectivity index (χ0n) is 16.9. The van der Waals surface area contributed by atoms with E-state index in [0.29, 0.717) is 18.0 Å². The molecule has 1 aromatic rings. The van der Waals surface area contributed by atoms with Crippen LogP contribution in [0.3, 0.4) is 0 Å². The Morgan fingerprint density at radius 1 is 1.22 bits per heavy atom. The van der Waals surface area contributed by atoms with E-state index < -0.39 is 0 Å². The predicted octanol–water partition coefficient (Wildman–Crippen LogP) is 3.25. The predicted molar refractivity (Wildman–Crippen MR) is 109 cm³/mol. The molecular weight excluding hydrogens is 340 g/mol. The van der Waals surface area contributed by atoms with Gasteiger partial charge in [0.25, 0.3) is 0 Å². The van der Waals surface area contributed by atoms with Gasteiger partial charge in [0, 0.05) is 31.7 Å². The molecule has 1 heterocycles. The second kappa shape index (κ2) is 8.63. The summed E-state index contributed by atoms with van der Waals surface area (Å²) in [5, 5.41) is 7.01. The van der Waals surface area contributed by atoms with E-state index >= 15 is 0 Å². The van der Waals surface area contributed by atoms with Gasteiger partial charge in [-0.1, -0.05) is 6.92 Å². The van der Waals surface area contributed by atoms with Crippen LogP contribution in [0.15, 0.2) is 29.3 Å².